The van der Waals surface area contributed by atoms with Gasteiger partial charge in [-0.2, -0.15) is 0 Å². The number of esters is 1. The average molecular weight is 417 g/mol. The summed E-state index contributed by atoms with van der Waals surface area (Å²) in [7, 11) is 1.44. The molecule has 0 radical (unpaired) electrons. The van der Waals surface area contributed by atoms with Crippen molar-refractivity contribution in [3.8, 4) is 5.75 Å². The number of nitrogens with two attached hydrogens (primary N) is 1. The van der Waals surface area contributed by atoms with Crippen molar-refractivity contribution in [2.45, 2.75) is 19.4 Å². The van der Waals surface area contributed by atoms with Crippen LogP contribution in [0.2, 0.25) is 0 Å². The lowest BCUT2D eigenvalue weighted by atomic mass is 10.2. The van der Waals surface area contributed by atoms with Gasteiger partial charge in [0, 0.05) is 13.0 Å². The highest BCUT2D eigenvalue weighted by atomic mass is 16.5. The van der Waals surface area contributed by atoms with Gasteiger partial charge in [0.05, 0.1) is 19.1 Å². The number of furan rings is 1. The quantitative estimate of drug-likeness (QED) is 0.546. The Labute approximate surface area is 172 Å². The van der Waals surface area contributed by atoms with Gasteiger partial charge in [0.15, 0.2) is 12.4 Å². The number of nitrogens with zero attached hydrogens (tertiary/aromatic N) is 1. The number of hydrogen-bond donors (Lipinski definition) is 2. The molecule has 0 fully saturated rings. The number of carbonyl (C=O) groups excluding carboxylic acids is 4. The second kappa shape index (κ2) is 10.6. The number of hydrogen-bond acceptors (Lipinski definition) is 7. The van der Waals surface area contributed by atoms with Crippen LogP contribution in [-0.4, -0.2) is 50.0 Å². The van der Waals surface area contributed by atoms with Crippen LogP contribution in [0.15, 0.2) is 47.1 Å². The third-order valence-electron chi connectivity index (χ3n) is 4.04. The fourth-order valence-electron chi connectivity index (χ4n) is 2.52. The Hall–Kier alpha value is -3.82. The van der Waals surface area contributed by atoms with E-state index in [1.165, 1.54) is 37.3 Å². The molecule has 1 aromatic carbocycles. The molecule has 0 aliphatic rings. The number of para-hydroxylation sites is 2. The van der Waals surface area contributed by atoms with E-state index >= 15 is 0 Å². The number of amides is 3. The molecule has 3 amide bonds. The smallest absolute Gasteiger partial charge is 0.328 e. The summed E-state index contributed by atoms with van der Waals surface area (Å²) >= 11 is 0. The summed E-state index contributed by atoms with van der Waals surface area (Å²) in [6, 6.07) is 8.67. The van der Waals surface area contributed by atoms with Crippen molar-refractivity contribution < 1.29 is 33.1 Å². The summed E-state index contributed by atoms with van der Waals surface area (Å²) in [4.78, 5) is 49.2. The molecule has 1 heterocycles. The van der Waals surface area contributed by atoms with Crippen molar-refractivity contribution in [1.82, 2.24) is 5.32 Å². The van der Waals surface area contributed by atoms with Crippen molar-refractivity contribution in [3.63, 3.8) is 0 Å². The molecule has 30 heavy (non-hydrogen) atoms. The number of benzene rings is 1. The summed E-state index contributed by atoms with van der Waals surface area (Å²) in [6.07, 6.45) is 1.24. The molecule has 160 valence electrons. The Morgan fingerprint density at radius 2 is 1.90 bits per heavy atom. The number of primary amides is 1. The molecule has 0 spiro atoms. The van der Waals surface area contributed by atoms with Crippen molar-refractivity contribution in [1.29, 1.82) is 0 Å². The van der Waals surface area contributed by atoms with Crippen LogP contribution in [-0.2, 0) is 19.1 Å². The molecule has 10 nitrogen and oxygen atoms in total. The summed E-state index contributed by atoms with van der Waals surface area (Å²) in [6.45, 7) is 0.798. The highest BCUT2D eigenvalue weighted by Gasteiger charge is 2.24. The molecule has 0 saturated heterocycles. The van der Waals surface area contributed by atoms with Gasteiger partial charge in [-0.25, -0.2) is 4.79 Å². The van der Waals surface area contributed by atoms with Crippen molar-refractivity contribution in [3.05, 3.63) is 48.4 Å². The monoisotopic (exact) mass is 417 g/mol. The summed E-state index contributed by atoms with van der Waals surface area (Å²) in [5, 5.41) is 2.41. The first-order chi connectivity index (χ1) is 14.3. The van der Waals surface area contributed by atoms with E-state index in [0.717, 1.165) is 0 Å². The van der Waals surface area contributed by atoms with Crippen molar-refractivity contribution >= 4 is 29.4 Å². The minimum absolute atomic E-state index is 0.0170. The second-order valence-corrected chi connectivity index (χ2v) is 6.21. The summed E-state index contributed by atoms with van der Waals surface area (Å²) in [5.74, 6) is -2.13. The number of carbonyl (C=O) groups is 4. The topological polar surface area (TPSA) is 141 Å². The zero-order chi connectivity index (χ0) is 22.1. The normalized spacial score (nSPS) is 11.3. The zero-order valence-corrected chi connectivity index (χ0v) is 16.6. The van der Waals surface area contributed by atoms with Gasteiger partial charge in [-0.15, -0.1) is 0 Å². The van der Waals surface area contributed by atoms with Crippen LogP contribution >= 0.6 is 0 Å². The van der Waals surface area contributed by atoms with Crippen LogP contribution in [0.5, 0.6) is 5.75 Å². The van der Waals surface area contributed by atoms with Crippen LogP contribution < -0.4 is 20.7 Å². The molecule has 3 N–H and O–H groups in total. The molecular formula is C20H23N3O7. The Morgan fingerprint density at radius 1 is 1.17 bits per heavy atom. The molecule has 0 saturated carbocycles. The number of methoxy groups -OCH3 is 1. The molecule has 2 rings (SSSR count). The first kappa shape index (κ1) is 22.5. The van der Waals surface area contributed by atoms with E-state index in [2.05, 4.69) is 5.32 Å². The maximum atomic E-state index is 12.7. The van der Waals surface area contributed by atoms with E-state index in [1.807, 2.05) is 0 Å². The van der Waals surface area contributed by atoms with Crippen molar-refractivity contribution in [2.24, 2.45) is 5.73 Å². The molecule has 0 aliphatic carbocycles. The number of rotatable bonds is 10. The van der Waals surface area contributed by atoms with Gasteiger partial charge in [0.25, 0.3) is 11.8 Å². The Balaban J connectivity index is 2.01. The minimum Gasteiger partial charge on any atom is -0.495 e. The fourth-order valence-corrected chi connectivity index (χ4v) is 2.52. The summed E-state index contributed by atoms with van der Waals surface area (Å²) in [5.41, 5.74) is 5.60. The van der Waals surface area contributed by atoms with Crippen LogP contribution in [0.25, 0.3) is 0 Å². The molecular weight excluding hydrogens is 394 g/mol. The molecule has 2 aromatic rings. The van der Waals surface area contributed by atoms with Crippen LogP contribution in [0.1, 0.15) is 23.9 Å². The number of ether oxygens (including phenoxy) is 2. The van der Waals surface area contributed by atoms with E-state index in [0.29, 0.717) is 11.4 Å². The average Bonchev–Trinajstić information content (AvgIpc) is 3.27. The van der Waals surface area contributed by atoms with Gasteiger partial charge in [-0.05, 0) is 31.2 Å². The zero-order valence-electron chi connectivity index (χ0n) is 16.6. The molecule has 1 atom stereocenters. The standard InChI is InChI=1S/C20H23N3O7/c1-13(22-19(26)16-8-5-11-29-16)20(27)30-12-18(25)23(10-9-17(21)24)14-6-3-4-7-15(14)28-2/h3-8,11,13H,9-10,12H2,1-2H3,(H2,21,24)(H,22,26)/t13-/m0/s1. The molecule has 10 heteroatoms. The van der Waals surface area contributed by atoms with Crippen LogP contribution in [0.3, 0.4) is 0 Å². The number of anilines is 1. The Bertz CT molecular complexity index is 896. The van der Waals surface area contributed by atoms with Crippen LogP contribution in [0, 0.1) is 0 Å². The van der Waals surface area contributed by atoms with Gasteiger partial charge in [-0.3, -0.25) is 14.4 Å². The molecule has 0 bridgehead atoms. The lowest BCUT2D eigenvalue weighted by Crippen LogP contribution is -2.42. The van der Waals surface area contributed by atoms with E-state index < -0.39 is 36.3 Å². The lowest BCUT2D eigenvalue weighted by molar-refractivity contribution is -0.149. The Kier molecular flexibility index (Phi) is 7.98. The van der Waals surface area contributed by atoms with Gasteiger partial charge < -0.3 is 29.8 Å². The summed E-state index contributed by atoms with van der Waals surface area (Å²) < 4.78 is 15.2. The van der Waals surface area contributed by atoms with E-state index in [4.69, 9.17) is 19.6 Å². The van der Waals surface area contributed by atoms with Gasteiger partial charge in [-0.1, -0.05) is 12.1 Å². The van der Waals surface area contributed by atoms with Crippen molar-refractivity contribution in [2.75, 3.05) is 25.2 Å². The second-order valence-electron chi connectivity index (χ2n) is 6.21. The molecule has 1 aromatic heterocycles. The van der Waals surface area contributed by atoms with E-state index in [9.17, 15) is 19.2 Å². The number of nitrogens with one attached hydrogen (secondary N) is 1. The van der Waals surface area contributed by atoms with Gasteiger partial charge >= 0.3 is 5.97 Å². The van der Waals surface area contributed by atoms with E-state index in [-0.39, 0.29) is 18.7 Å². The van der Waals surface area contributed by atoms with Gasteiger partial charge in [0.1, 0.15) is 11.8 Å². The fraction of sp³-hybridized carbons (Fsp3) is 0.300. The lowest BCUT2D eigenvalue weighted by Gasteiger charge is -2.24. The highest BCUT2D eigenvalue weighted by molar-refractivity contribution is 5.98. The predicted octanol–water partition coefficient (Wildman–Crippen LogP) is 0.858. The third-order valence-corrected chi connectivity index (χ3v) is 4.04. The minimum atomic E-state index is -1.01. The SMILES string of the molecule is COc1ccccc1N(CCC(N)=O)C(=O)COC(=O)[C@H](C)NC(=O)c1ccco1. The maximum Gasteiger partial charge on any atom is 0.328 e. The van der Waals surface area contributed by atoms with Crippen LogP contribution in [0.4, 0.5) is 5.69 Å². The largest absolute Gasteiger partial charge is 0.495 e. The predicted molar refractivity (Wildman–Crippen MR) is 106 cm³/mol. The third kappa shape index (κ3) is 6.09. The maximum absolute atomic E-state index is 12.7. The van der Waals surface area contributed by atoms with E-state index in [1.54, 1.807) is 24.3 Å². The first-order valence-electron chi connectivity index (χ1n) is 9.06. The first-order valence-corrected chi connectivity index (χ1v) is 9.06. The molecule has 0 unspecified atom stereocenters. The van der Waals surface area contributed by atoms with Gasteiger partial charge in [0.2, 0.25) is 5.91 Å². The Morgan fingerprint density at radius 3 is 2.53 bits per heavy atom. The molecule has 0 aliphatic heterocycles. The highest BCUT2D eigenvalue weighted by Crippen LogP contribution is 2.28.